The lowest BCUT2D eigenvalue weighted by atomic mass is 10.2. The Hall–Kier alpha value is -4.11. The first-order valence-electron chi connectivity index (χ1n) is 10.9. The van der Waals surface area contributed by atoms with Gasteiger partial charge >= 0.3 is 0 Å². The molecule has 0 radical (unpaired) electrons. The maximum absolute atomic E-state index is 12.5. The molecule has 0 saturated heterocycles. The van der Waals surface area contributed by atoms with E-state index in [-0.39, 0.29) is 22.5 Å². The molecule has 0 aliphatic rings. The first-order chi connectivity index (χ1) is 17.9. The molecule has 0 aliphatic heterocycles. The number of furan rings is 2. The van der Waals surface area contributed by atoms with Crippen molar-refractivity contribution < 1.29 is 18.4 Å². The smallest absolute Gasteiger partial charge is 0.293 e. The summed E-state index contributed by atoms with van der Waals surface area (Å²) in [5.41, 5.74) is 2.50. The van der Waals surface area contributed by atoms with Crippen molar-refractivity contribution in [1.82, 2.24) is 5.32 Å². The van der Waals surface area contributed by atoms with Crippen molar-refractivity contribution in [3.63, 3.8) is 0 Å². The van der Waals surface area contributed by atoms with Gasteiger partial charge in [0.2, 0.25) is 0 Å². The molecular weight excluding hydrogens is 533 g/mol. The first-order valence-corrected chi connectivity index (χ1v) is 12.1. The topological polar surface area (TPSA) is 96.5 Å². The number of hydrogen-bond donors (Lipinski definition) is 3. The molecule has 2 amide bonds. The number of anilines is 2. The van der Waals surface area contributed by atoms with Gasteiger partial charge in [-0.3, -0.25) is 14.9 Å². The van der Waals surface area contributed by atoms with Gasteiger partial charge in [0.05, 0.1) is 10.0 Å². The van der Waals surface area contributed by atoms with E-state index in [0.29, 0.717) is 38.3 Å². The quantitative estimate of drug-likeness (QED) is 0.198. The summed E-state index contributed by atoms with van der Waals surface area (Å²) in [6.07, 6.45) is 0. The lowest BCUT2D eigenvalue weighted by Gasteiger charge is -2.10. The van der Waals surface area contributed by atoms with Crippen LogP contribution in [0.25, 0.3) is 22.3 Å². The van der Waals surface area contributed by atoms with E-state index in [2.05, 4.69) is 16.0 Å². The standard InChI is InChI=1S/C27H17Cl2N3O4S/c28-19-10-5-16(13-20(19)29)22-11-12-23(35-22)25(33)32-27(37)31-18-8-6-17(7-9-18)30-26(34)24-14-15-3-1-2-4-21(15)36-24/h1-14H,(H,30,34)(H2,31,32,33,37). The first kappa shape index (κ1) is 24.6. The van der Waals surface area contributed by atoms with Crippen LogP contribution in [0.2, 0.25) is 10.0 Å². The molecule has 5 rings (SSSR count). The van der Waals surface area contributed by atoms with E-state index in [9.17, 15) is 9.59 Å². The SMILES string of the molecule is O=C(NC(=S)Nc1ccc(NC(=O)c2cc3ccccc3o2)cc1)c1ccc(-c2ccc(Cl)c(Cl)c2)o1. The number of para-hydroxylation sites is 1. The lowest BCUT2D eigenvalue weighted by Crippen LogP contribution is -2.33. The third-order valence-corrected chi connectivity index (χ3v) is 6.25. The number of benzene rings is 3. The van der Waals surface area contributed by atoms with E-state index in [4.69, 9.17) is 44.3 Å². The van der Waals surface area contributed by atoms with Crippen molar-refractivity contribution >= 4 is 74.7 Å². The summed E-state index contributed by atoms with van der Waals surface area (Å²) in [5.74, 6) is -0.124. The van der Waals surface area contributed by atoms with Crippen LogP contribution in [0.1, 0.15) is 21.1 Å². The summed E-state index contributed by atoms with van der Waals surface area (Å²) in [5, 5.41) is 10.0. The van der Waals surface area contributed by atoms with E-state index < -0.39 is 5.91 Å². The predicted molar refractivity (Wildman–Crippen MR) is 148 cm³/mol. The molecule has 3 N–H and O–H groups in total. The molecule has 5 aromatic rings. The molecule has 3 aromatic carbocycles. The molecular formula is C27H17Cl2N3O4S. The zero-order chi connectivity index (χ0) is 25.9. The van der Waals surface area contributed by atoms with E-state index in [1.165, 1.54) is 6.07 Å². The Labute approximate surface area is 226 Å². The fourth-order valence-electron chi connectivity index (χ4n) is 3.51. The van der Waals surface area contributed by atoms with Crippen molar-refractivity contribution in [3.8, 4) is 11.3 Å². The molecule has 10 heteroatoms. The number of fused-ring (bicyclic) bond motifs is 1. The van der Waals surface area contributed by atoms with Crippen molar-refractivity contribution in [3.05, 3.63) is 106 Å². The highest BCUT2D eigenvalue weighted by molar-refractivity contribution is 7.80. The molecule has 2 heterocycles. The van der Waals surface area contributed by atoms with Crippen molar-refractivity contribution in [2.24, 2.45) is 0 Å². The van der Waals surface area contributed by atoms with Crippen LogP contribution in [0.3, 0.4) is 0 Å². The molecule has 0 aliphatic carbocycles. The molecule has 0 atom stereocenters. The molecule has 0 saturated carbocycles. The van der Waals surface area contributed by atoms with Gasteiger partial charge in [-0.05, 0) is 78.9 Å². The van der Waals surface area contributed by atoms with Crippen LogP contribution >= 0.6 is 35.4 Å². The van der Waals surface area contributed by atoms with Crippen molar-refractivity contribution in [2.75, 3.05) is 10.6 Å². The Morgan fingerprint density at radius 1 is 0.703 bits per heavy atom. The Kier molecular flexibility index (Phi) is 6.96. The summed E-state index contributed by atoms with van der Waals surface area (Å²) in [6.45, 7) is 0. The van der Waals surface area contributed by atoms with E-state index in [0.717, 1.165) is 5.39 Å². The zero-order valence-electron chi connectivity index (χ0n) is 18.9. The number of thiocarbonyl (C=S) groups is 1. The Bertz CT molecular complexity index is 1610. The van der Waals surface area contributed by atoms with Crippen LogP contribution in [0.5, 0.6) is 0 Å². The second kappa shape index (κ2) is 10.5. The second-order valence-electron chi connectivity index (χ2n) is 7.88. The molecule has 0 unspecified atom stereocenters. The lowest BCUT2D eigenvalue weighted by molar-refractivity contribution is 0.0950. The van der Waals surface area contributed by atoms with Gasteiger partial charge in [0.25, 0.3) is 11.8 Å². The van der Waals surface area contributed by atoms with Gasteiger partial charge in [0, 0.05) is 22.3 Å². The van der Waals surface area contributed by atoms with Gasteiger partial charge < -0.3 is 19.5 Å². The Morgan fingerprint density at radius 3 is 2.16 bits per heavy atom. The predicted octanol–water partition coefficient (Wildman–Crippen LogP) is 7.38. The maximum Gasteiger partial charge on any atom is 0.293 e. The van der Waals surface area contributed by atoms with Crippen molar-refractivity contribution in [1.29, 1.82) is 0 Å². The molecule has 0 spiro atoms. The van der Waals surface area contributed by atoms with Crippen LogP contribution < -0.4 is 16.0 Å². The summed E-state index contributed by atoms with van der Waals surface area (Å²) in [7, 11) is 0. The number of amides is 2. The molecule has 37 heavy (non-hydrogen) atoms. The minimum atomic E-state index is -0.515. The third-order valence-electron chi connectivity index (χ3n) is 5.31. The normalized spacial score (nSPS) is 10.8. The summed E-state index contributed by atoms with van der Waals surface area (Å²) in [6, 6.07) is 24.1. The molecule has 7 nitrogen and oxygen atoms in total. The Balaban J connectivity index is 1.16. The molecule has 0 bridgehead atoms. The fraction of sp³-hybridized carbons (Fsp3) is 0. The van der Waals surface area contributed by atoms with Gasteiger partial charge in [0.1, 0.15) is 11.3 Å². The van der Waals surface area contributed by atoms with Crippen LogP contribution in [-0.4, -0.2) is 16.9 Å². The monoisotopic (exact) mass is 549 g/mol. The maximum atomic E-state index is 12.5. The van der Waals surface area contributed by atoms with Crippen LogP contribution in [0.15, 0.2) is 93.8 Å². The van der Waals surface area contributed by atoms with Crippen LogP contribution in [-0.2, 0) is 0 Å². The van der Waals surface area contributed by atoms with Crippen LogP contribution in [0.4, 0.5) is 11.4 Å². The van der Waals surface area contributed by atoms with Gasteiger partial charge in [-0.1, -0.05) is 41.4 Å². The van der Waals surface area contributed by atoms with Crippen LogP contribution in [0, 0.1) is 0 Å². The minimum absolute atomic E-state index is 0.0777. The average Bonchev–Trinajstić information content (AvgIpc) is 3.55. The number of hydrogen-bond acceptors (Lipinski definition) is 5. The largest absolute Gasteiger partial charge is 0.451 e. The van der Waals surface area contributed by atoms with Gasteiger partial charge in [-0.15, -0.1) is 0 Å². The highest BCUT2D eigenvalue weighted by Crippen LogP contribution is 2.29. The number of carbonyl (C=O) groups is 2. The van der Waals surface area contributed by atoms with Crippen molar-refractivity contribution in [2.45, 2.75) is 0 Å². The summed E-state index contributed by atoms with van der Waals surface area (Å²) in [4.78, 5) is 25.1. The number of carbonyl (C=O) groups excluding carboxylic acids is 2. The molecule has 0 fully saturated rings. The summed E-state index contributed by atoms with van der Waals surface area (Å²) < 4.78 is 11.2. The Morgan fingerprint density at radius 2 is 1.43 bits per heavy atom. The average molecular weight is 550 g/mol. The van der Waals surface area contributed by atoms with E-state index >= 15 is 0 Å². The van der Waals surface area contributed by atoms with Gasteiger partial charge in [0.15, 0.2) is 16.6 Å². The molecule has 2 aromatic heterocycles. The van der Waals surface area contributed by atoms with Gasteiger partial charge in [-0.2, -0.15) is 0 Å². The van der Waals surface area contributed by atoms with Gasteiger partial charge in [-0.25, -0.2) is 0 Å². The zero-order valence-corrected chi connectivity index (χ0v) is 21.2. The highest BCUT2D eigenvalue weighted by Gasteiger charge is 2.15. The number of nitrogens with one attached hydrogen (secondary N) is 3. The van der Waals surface area contributed by atoms with E-state index in [1.54, 1.807) is 60.7 Å². The second-order valence-corrected chi connectivity index (χ2v) is 9.10. The third kappa shape index (κ3) is 5.67. The number of rotatable bonds is 5. The fourth-order valence-corrected chi connectivity index (χ4v) is 4.02. The number of halogens is 2. The van der Waals surface area contributed by atoms with E-state index in [1.807, 2.05) is 18.2 Å². The minimum Gasteiger partial charge on any atom is -0.451 e. The molecule has 184 valence electrons. The summed E-state index contributed by atoms with van der Waals surface area (Å²) >= 11 is 17.2. The highest BCUT2D eigenvalue weighted by atomic mass is 35.5.